The van der Waals surface area contributed by atoms with E-state index in [9.17, 15) is 4.79 Å². The Morgan fingerprint density at radius 2 is 1.92 bits per heavy atom. The second-order valence-corrected chi connectivity index (χ2v) is 6.19. The van der Waals surface area contributed by atoms with Gasteiger partial charge in [-0.2, -0.15) is 0 Å². The van der Waals surface area contributed by atoms with Gasteiger partial charge in [-0.3, -0.25) is 4.79 Å². The molecule has 0 aliphatic heterocycles. The number of carbonyl (C=O) groups is 1. The van der Waals surface area contributed by atoms with Crippen molar-refractivity contribution in [3.05, 3.63) is 64.4 Å². The summed E-state index contributed by atoms with van der Waals surface area (Å²) in [5, 5.41) is 11.5. The SMILES string of the molecule is CCOc1ccc(-n2nnc(C(=O)Nc3ccc(C)c(Cl)c3)c2C)cc1. The van der Waals surface area contributed by atoms with E-state index in [-0.39, 0.29) is 11.6 Å². The van der Waals surface area contributed by atoms with Crippen LogP contribution in [-0.2, 0) is 0 Å². The Morgan fingerprint density at radius 1 is 1.19 bits per heavy atom. The molecule has 3 aromatic rings. The van der Waals surface area contributed by atoms with Gasteiger partial charge in [-0.15, -0.1) is 5.10 Å². The summed E-state index contributed by atoms with van der Waals surface area (Å²) in [6.07, 6.45) is 0. The van der Waals surface area contributed by atoms with E-state index in [1.165, 1.54) is 0 Å². The van der Waals surface area contributed by atoms with Crippen molar-refractivity contribution in [1.82, 2.24) is 15.0 Å². The van der Waals surface area contributed by atoms with E-state index in [1.54, 1.807) is 23.7 Å². The first-order valence-corrected chi connectivity index (χ1v) is 8.60. The normalized spacial score (nSPS) is 10.6. The lowest BCUT2D eigenvalue weighted by Crippen LogP contribution is -2.14. The van der Waals surface area contributed by atoms with Crippen molar-refractivity contribution in [1.29, 1.82) is 0 Å². The Morgan fingerprint density at radius 3 is 2.58 bits per heavy atom. The fraction of sp³-hybridized carbons (Fsp3) is 0.211. The van der Waals surface area contributed by atoms with Crippen molar-refractivity contribution in [3.63, 3.8) is 0 Å². The zero-order chi connectivity index (χ0) is 18.7. The number of ether oxygens (including phenoxy) is 1. The van der Waals surface area contributed by atoms with Crippen molar-refractivity contribution in [2.75, 3.05) is 11.9 Å². The van der Waals surface area contributed by atoms with Gasteiger partial charge in [0.1, 0.15) is 5.75 Å². The fourth-order valence-corrected chi connectivity index (χ4v) is 2.68. The fourth-order valence-electron chi connectivity index (χ4n) is 2.50. The van der Waals surface area contributed by atoms with Crippen LogP contribution in [0.15, 0.2) is 42.5 Å². The van der Waals surface area contributed by atoms with E-state index >= 15 is 0 Å². The van der Waals surface area contributed by atoms with Crippen molar-refractivity contribution in [2.24, 2.45) is 0 Å². The van der Waals surface area contributed by atoms with E-state index in [0.717, 1.165) is 17.0 Å². The van der Waals surface area contributed by atoms with Gasteiger partial charge in [0.2, 0.25) is 0 Å². The van der Waals surface area contributed by atoms with Gasteiger partial charge >= 0.3 is 0 Å². The van der Waals surface area contributed by atoms with Gasteiger partial charge < -0.3 is 10.1 Å². The second-order valence-electron chi connectivity index (χ2n) is 5.78. The van der Waals surface area contributed by atoms with Crippen LogP contribution in [-0.4, -0.2) is 27.5 Å². The van der Waals surface area contributed by atoms with Gasteiger partial charge in [0.15, 0.2) is 5.69 Å². The number of amides is 1. The number of nitrogens with zero attached hydrogens (tertiary/aromatic N) is 3. The van der Waals surface area contributed by atoms with Gasteiger partial charge in [-0.1, -0.05) is 22.9 Å². The number of carbonyl (C=O) groups excluding carboxylic acids is 1. The van der Waals surface area contributed by atoms with Crippen LogP contribution in [0.25, 0.3) is 5.69 Å². The molecular formula is C19H19ClN4O2. The Balaban J connectivity index is 1.81. The topological polar surface area (TPSA) is 69.0 Å². The van der Waals surface area contributed by atoms with Gasteiger partial charge in [0, 0.05) is 10.7 Å². The van der Waals surface area contributed by atoms with Crippen LogP contribution in [0.3, 0.4) is 0 Å². The molecule has 0 bridgehead atoms. The van der Waals surface area contributed by atoms with Crippen molar-refractivity contribution < 1.29 is 9.53 Å². The highest BCUT2D eigenvalue weighted by Crippen LogP contribution is 2.21. The lowest BCUT2D eigenvalue weighted by Gasteiger charge is -2.07. The Bertz CT molecular complexity index is 935. The van der Waals surface area contributed by atoms with Gasteiger partial charge in [0.25, 0.3) is 5.91 Å². The van der Waals surface area contributed by atoms with E-state index in [1.807, 2.05) is 44.2 Å². The number of nitrogens with one attached hydrogen (secondary N) is 1. The predicted octanol–water partition coefficient (Wildman–Crippen LogP) is 4.19. The van der Waals surface area contributed by atoms with E-state index < -0.39 is 0 Å². The molecule has 0 aliphatic carbocycles. The monoisotopic (exact) mass is 370 g/mol. The van der Waals surface area contributed by atoms with Crippen LogP contribution >= 0.6 is 11.6 Å². The summed E-state index contributed by atoms with van der Waals surface area (Å²) >= 11 is 6.10. The molecule has 0 aliphatic rings. The van der Waals surface area contributed by atoms with E-state index in [2.05, 4.69) is 15.6 Å². The highest BCUT2D eigenvalue weighted by Gasteiger charge is 2.17. The second kappa shape index (κ2) is 7.58. The molecule has 0 saturated heterocycles. The quantitative estimate of drug-likeness (QED) is 0.731. The first-order chi connectivity index (χ1) is 12.5. The van der Waals surface area contributed by atoms with Crippen LogP contribution in [0.1, 0.15) is 28.7 Å². The third-order valence-corrected chi connectivity index (χ3v) is 4.34. The smallest absolute Gasteiger partial charge is 0.278 e. The molecule has 3 rings (SSSR count). The number of hydrogen-bond donors (Lipinski definition) is 1. The first-order valence-electron chi connectivity index (χ1n) is 8.22. The largest absolute Gasteiger partial charge is 0.494 e. The highest BCUT2D eigenvalue weighted by atomic mass is 35.5. The molecule has 134 valence electrons. The molecular weight excluding hydrogens is 352 g/mol. The summed E-state index contributed by atoms with van der Waals surface area (Å²) in [6.45, 7) is 6.24. The average molecular weight is 371 g/mol. The maximum Gasteiger partial charge on any atom is 0.278 e. The minimum Gasteiger partial charge on any atom is -0.494 e. The summed E-state index contributed by atoms with van der Waals surface area (Å²) in [5.74, 6) is 0.447. The molecule has 1 aromatic heterocycles. The maximum atomic E-state index is 12.5. The number of anilines is 1. The molecule has 0 atom stereocenters. The van der Waals surface area contributed by atoms with Crippen LogP contribution in [0.4, 0.5) is 5.69 Å². The maximum absolute atomic E-state index is 12.5. The molecule has 1 amide bonds. The number of benzene rings is 2. The molecule has 7 heteroatoms. The van der Waals surface area contributed by atoms with Gasteiger partial charge in [0.05, 0.1) is 18.0 Å². The summed E-state index contributed by atoms with van der Waals surface area (Å²) in [4.78, 5) is 12.5. The summed E-state index contributed by atoms with van der Waals surface area (Å²) < 4.78 is 7.05. The van der Waals surface area contributed by atoms with Crippen LogP contribution < -0.4 is 10.1 Å². The third kappa shape index (κ3) is 3.70. The minimum absolute atomic E-state index is 0.260. The number of rotatable bonds is 5. The molecule has 0 saturated carbocycles. The molecule has 6 nitrogen and oxygen atoms in total. The summed E-state index contributed by atoms with van der Waals surface area (Å²) in [6, 6.07) is 12.8. The van der Waals surface area contributed by atoms with Crippen molar-refractivity contribution in [3.8, 4) is 11.4 Å². The predicted molar refractivity (Wildman–Crippen MR) is 101 cm³/mol. The number of halogens is 1. The Hall–Kier alpha value is -2.86. The molecule has 0 spiro atoms. The van der Waals surface area contributed by atoms with Gasteiger partial charge in [-0.05, 0) is 62.7 Å². The molecule has 26 heavy (non-hydrogen) atoms. The Labute approximate surface area is 156 Å². The highest BCUT2D eigenvalue weighted by molar-refractivity contribution is 6.31. The van der Waals surface area contributed by atoms with Crippen LogP contribution in [0, 0.1) is 13.8 Å². The molecule has 1 heterocycles. The molecule has 0 fully saturated rings. The third-order valence-electron chi connectivity index (χ3n) is 3.93. The standard InChI is InChI=1S/C19H19ClN4O2/c1-4-26-16-9-7-15(8-10-16)24-13(3)18(22-23-24)19(25)21-14-6-5-12(2)17(20)11-14/h5-11H,4H2,1-3H3,(H,21,25). The summed E-state index contributed by atoms with van der Waals surface area (Å²) in [7, 11) is 0. The number of hydrogen-bond acceptors (Lipinski definition) is 4. The minimum atomic E-state index is -0.334. The average Bonchev–Trinajstić information content (AvgIpc) is 3.01. The molecule has 2 aromatic carbocycles. The van der Waals surface area contributed by atoms with E-state index in [0.29, 0.717) is 23.0 Å². The molecule has 1 N–H and O–H groups in total. The first kappa shape index (κ1) is 17.9. The zero-order valence-electron chi connectivity index (χ0n) is 14.8. The zero-order valence-corrected chi connectivity index (χ0v) is 15.5. The van der Waals surface area contributed by atoms with Crippen molar-refractivity contribution >= 4 is 23.2 Å². The van der Waals surface area contributed by atoms with Crippen LogP contribution in [0.2, 0.25) is 5.02 Å². The lowest BCUT2D eigenvalue weighted by molar-refractivity contribution is 0.102. The van der Waals surface area contributed by atoms with Gasteiger partial charge in [-0.25, -0.2) is 4.68 Å². The van der Waals surface area contributed by atoms with E-state index in [4.69, 9.17) is 16.3 Å². The Kier molecular flexibility index (Phi) is 5.23. The number of aromatic nitrogens is 3. The summed E-state index contributed by atoms with van der Waals surface area (Å²) in [5.41, 5.74) is 3.26. The van der Waals surface area contributed by atoms with Crippen LogP contribution in [0.5, 0.6) is 5.75 Å². The molecule has 0 unspecified atom stereocenters. The number of aryl methyl sites for hydroxylation is 1. The lowest BCUT2D eigenvalue weighted by atomic mass is 10.2. The molecule has 0 radical (unpaired) electrons. The van der Waals surface area contributed by atoms with Crippen molar-refractivity contribution in [2.45, 2.75) is 20.8 Å².